The van der Waals surface area contributed by atoms with Crippen molar-refractivity contribution in [2.24, 2.45) is 0 Å². The maximum Gasteiger partial charge on any atom is 0.258 e. The van der Waals surface area contributed by atoms with Gasteiger partial charge in [-0.15, -0.1) is 11.3 Å². The Balaban J connectivity index is 1.77. The average Bonchev–Trinajstić information content (AvgIpc) is 3.11. The summed E-state index contributed by atoms with van der Waals surface area (Å²) in [7, 11) is 0. The van der Waals surface area contributed by atoms with E-state index in [0.29, 0.717) is 11.5 Å². The van der Waals surface area contributed by atoms with Crippen molar-refractivity contribution in [1.82, 2.24) is 9.97 Å². The number of rotatable bonds is 2. The van der Waals surface area contributed by atoms with Gasteiger partial charge in [-0.25, -0.2) is 4.98 Å². The van der Waals surface area contributed by atoms with Crippen LogP contribution in [-0.2, 0) is 0 Å². The molecule has 0 unspecified atom stereocenters. The number of amides is 1. The number of hydrogen-bond donors (Lipinski definition) is 3. The van der Waals surface area contributed by atoms with Crippen LogP contribution in [0.4, 0.5) is 5.95 Å². The molecule has 5 nitrogen and oxygen atoms in total. The molecule has 2 aromatic heterocycles. The van der Waals surface area contributed by atoms with Gasteiger partial charge in [0.1, 0.15) is 6.61 Å². The summed E-state index contributed by atoms with van der Waals surface area (Å²) in [5, 5.41) is 13.1. The second-order valence-electron chi connectivity index (χ2n) is 4.22. The second kappa shape index (κ2) is 5.79. The number of fused-ring (bicyclic) bond motifs is 1. The maximum atomic E-state index is 12.1. The smallest absolute Gasteiger partial charge is 0.258 e. The van der Waals surface area contributed by atoms with Crippen LogP contribution in [0.25, 0.3) is 11.0 Å². The van der Waals surface area contributed by atoms with Crippen molar-refractivity contribution in [3.8, 4) is 11.8 Å². The van der Waals surface area contributed by atoms with Gasteiger partial charge in [0.05, 0.1) is 21.5 Å². The highest BCUT2D eigenvalue weighted by atomic mass is 32.1. The Kier molecular flexibility index (Phi) is 3.69. The zero-order valence-electron chi connectivity index (χ0n) is 10.9. The third-order valence-corrected chi connectivity index (χ3v) is 3.62. The molecule has 0 bridgehead atoms. The summed E-state index contributed by atoms with van der Waals surface area (Å²) in [5.74, 6) is 5.48. The van der Waals surface area contributed by atoms with Crippen LogP contribution in [0.3, 0.4) is 0 Å². The fourth-order valence-corrected chi connectivity index (χ4v) is 2.59. The number of benzene rings is 1. The summed E-state index contributed by atoms with van der Waals surface area (Å²) < 4.78 is 0. The Labute approximate surface area is 124 Å². The molecule has 3 aromatic rings. The Morgan fingerprint density at radius 2 is 2.29 bits per heavy atom. The largest absolute Gasteiger partial charge is 0.384 e. The summed E-state index contributed by atoms with van der Waals surface area (Å²) >= 11 is 1.36. The summed E-state index contributed by atoms with van der Waals surface area (Å²) in [6.45, 7) is -0.196. The molecule has 0 radical (unpaired) electrons. The normalized spacial score (nSPS) is 10.1. The first-order valence-corrected chi connectivity index (χ1v) is 7.08. The number of aliphatic hydroxyl groups is 1. The highest BCUT2D eigenvalue weighted by Gasteiger charge is 2.10. The average molecular weight is 297 g/mol. The highest BCUT2D eigenvalue weighted by molar-refractivity contribution is 7.10. The number of H-pyrrole nitrogens is 1. The summed E-state index contributed by atoms with van der Waals surface area (Å²) in [6.07, 6.45) is 0. The molecule has 0 spiro atoms. The molecule has 0 saturated carbocycles. The zero-order valence-corrected chi connectivity index (χ0v) is 11.7. The molecule has 21 heavy (non-hydrogen) atoms. The van der Waals surface area contributed by atoms with Crippen LogP contribution in [-0.4, -0.2) is 27.6 Å². The molecule has 3 N–H and O–H groups in total. The van der Waals surface area contributed by atoms with Crippen LogP contribution in [0.2, 0.25) is 0 Å². The molecule has 3 rings (SSSR count). The first-order valence-electron chi connectivity index (χ1n) is 6.20. The first-order chi connectivity index (χ1) is 10.3. The van der Waals surface area contributed by atoms with Gasteiger partial charge < -0.3 is 10.1 Å². The second-order valence-corrected chi connectivity index (χ2v) is 5.13. The van der Waals surface area contributed by atoms with E-state index in [0.717, 1.165) is 15.9 Å². The van der Waals surface area contributed by atoms with Crippen molar-refractivity contribution in [3.05, 3.63) is 46.2 Å². The van der Waals surface area contributed by atoms with Crippen LogP contribution in [0.5, 0.6) is 0 Å². The van der Waals surface area contributed by atoms with E-state index in [-0.39, 0.29) is 12.5 Å². The number of aromatic nitrogens is 2. The molecule has 0 aliphatic heterocycles. The maximum absolute atomic E-state index is 12.1. The molecule has 1 aromatic carbocycles. The van der Waals surface area contributed by atoms with Crippen molar-refractivity contribution in [1.29, 1.82) is 0 Å². The number of anilines is 1. The van der Waals surface area contributed by atoms with Gasteiger partial charge in [-0.1, -0.05) is 24.0 Å². The Bertz CT molecular complexity index is 821. The number of aliphatic hydroxyl groups excluding tert-OH is 1. The van der Waals surface area contributed by atoms with E-state index in [4.69, 9.17) is 5.11 Å². The number of hydrogen-bond acceptors (Lipinski definition) is 4. The van der Waals surface area contributed by atoms with Gasteiger partial charge in [0.25, 0.3) is 5.91 Å². The van der Waals surface area contributed by atoms with Crippen molar-refractivity contribution < 1.29 is 9.90 Å². The quantitative estimate of drug-likeness (QED) is 0.635. The molecule has 104 valence electrons. The number of para-hydroxylation sites is 2. The van der Waals surface area contributed by atoms with Gasteiger partial charge >= 0.3 is 0 Å². The molecule has 0 aliphatic carbocycles. The number of thiophene rings is 1. The first kappa shape index (κ1) is 13.4. The van der Waals surface area contributed by atoms with Gasteiger partial charge in [0, 0.05) is 5.38 Å². The number of imidazole rings is 1. The fraction of sp³-hybridized carbons (Fsp3) is 0.0667. The third-order valence-electron chi connectivity index (χ3n) is 2.77. The molecule has 0 aliphatic rings. The van der Waals surface area contributed by atoms with Crippen LogP contribution in [0.15, 0.2) is 35.7 Å². The topological polar surface area (TPSA) is 78.0 Å². The number of aromatic amines is 1. The number of nitrogens with one attached hydrogen (secondary N) is 2. The lowest BCUT2D eigenvalue weighted by Crippen LogP contribution is -2.11. The minimum absolute atomic E-state index is 0.196. The number of nitrogens with zero attached hydrogens (tertiary/aromatic N) is 1. The Morgan fingerprint density at radius 1 is 1.43 bits per heavy atom. The van der Waals surface area contributed by atoms with E-state index in [1.165, 1.54) is 11.3 Å². The molecule has 6 heteroatoms. The van der Waals surface area contributed by atoms with Crippen molar-refractivity contribution in [3.63, 3.8) is 0 Å². The van der Waals surface area contributed by atoms with Gasteiger partial charge in [-0.2, -0.15) is 0 Å². The fourth-order valence-electron chi connectivity index (χ4n) is 1.84. The lowest BCUT2D eigenvalue weighted by atomic mass is 10.3. The van der Waals surface area contributed by atoms with Crippen LogP contribution < -0.4 is 5.32 Å². The minimum Gasteiger partial charge on any atom is -0.384 e. The Morgan fingerprint density at radius 3 is 3.10 bits per heavy atom. The lowest BCUT2D eigenvalue weighted by Gasteiger charge is -1.97. The van der Waals surface area contributed by atoms with E-state index >= 15 is 0 Å². The Hall–Kier alpha value is -2.62. The van der Waals surface area contributed by atoms with Crippen LogP contribution >= 0.6 is 11.3 Å². The molecule has 0 fully saturated rings. The van der Waals surface area contributed by atoms with E-state index in [9.17, 15) is 4.79 Å². The minimum atomic E-state index is -0.248. The van der Waals surface area contributed by atoms with Gasteiger partial charge in [0.2, 0.25) is 5.95 Å². The van der Waals surface area contributed by atoms with Crippen molar-refractivity contribution in [2.75, 3.05) is 11.9 Å². The van der Waals surface area contributed by atoms with Crippen molar-refractivity contribution in [2.45, 2.75) is 0 Å². The molecular weight excluding hydrogens is 286 g/mol. The van der Waals surface area contributed by atoms with E-state index in [1.807, 2.05) is 24.3 Å². The van der Waals surface area contributed by atoms with Crippen LogP contribution in [0, 0.1) is 11.8 Å². The van der Waals surface area contributed by atoms with E-state index in [1.54, 1.807) is 11.4 Å². The summed E-state index contributed by atoms with van der Waals surface area (Å²) in [6, 6.07) is 9.24. The molecule has 0 atom stereocenters. The highest BCUT2D eigenvalue weighted by Crippen LogP contribution is 2.17. The molecule has 2 heterocycles. The number of carbonyl (C=O) groups is 1. The van der Waals surface area contributed by atoms with Gasteiger partial charge in [-0.3, -0.25) is 10.1 Å². The summed E-state index contributed by atoms with van der Waals surface area (Å²) in [4.78, 5) is 20.2. The molecule has 1 amide bonds. The van der Waals surface area contributed by atoms with Crippen LogP contribution in [0.1, 0.15) is 15.2 Å². The summed E-state index contributed by atoms with van der Waals surface area (Å²) in [5.41, 5.74) is 2.18. The van der Waals surface area contributed by atoms with E-state index < -0.39 is 0 Å². The van der Waals surface area contributed by atoms with Gasteiger partial charge in [-0.05, 0) is 18.2 Å². The number of carbonyl (C=O) groups excluding carboxylic acids is 1. The van der Waals surface area contributed by atoms with Gasteiger partial charge in [0.15, 0.2) is 0 Å². The SMILES string of the molecule is O=C(Nc1nc2ccccc2[nH]1)c1csc(C#CCO)c1. The zero-order chi connectivity index (χ0) is 14.7. The molecular formula is C15H11N3O2S. The predicted octanol–water partition coefficient (Wildman–Crippen LogP) is 2.22. The monoisotopic (exact) mass is 297 g/mol. The van der Waals surface area contributed by atoms with Crippen molar-refractivity contribution >= 4 is 34.2 Å². The molecule has 0 saturated heterocycles. The third kappa shape index (κ3) is 2.94. The predicted molar refractivity (Wildman–Crippen MR) is 82.3 cm³/mol. The lowest BCUT2D eigenvalue weighted by molar-refractivity contribution is 0.102. The standard InChI is InChI=1S/C15H11N3O2S/c19-7-3-4-11-8-10(9-21-11)14(20)18-15-16-12-5-1-2-6-13(12)17-15/h1-2,5-6,8-9,19H,7H2,(H2,16,17,18,20). The van der Waals surface area contributed by atoms with E-state index in [2.05, 4.69) is 27.1 Å².